The zero-order valence-electron chi connectivity index (χ0n) is 12.8. The summed E-state index contributed by atoms with van der Waals surface area (Å²) >= 11 is 0. The molecule has 3 rings (SSSR count). The van der Waals surface area contributed by atoms with Gasteiger partial charge < -0.3 is 10.2 Å². The molecule has 3 heteroatoms. The first kappa shape index (κ1) is 14.2. The van der Waals surface area contributed by atoms with Crippen LogP contribution < -0.4 is 5.73 Å². The van der Waals surface area contributed by atoms with Crippen molar-refractivity contribution < 1.29 is 4.42 Å². The summed E-state index contributed by atoms with van der Waals surface area (Å²) in [5.41, 5.74) is 6.85. The van der Waals surface area contributed by atoms with Gasteiger partial charge in [-0.3, -0.25) is 4.90 Å². The van der Waals surface area contributed by atoms with Gasteiger partial charge in [0.1, 0.15) is 5.76 Å². The van der Waals surface area contributed by atoms with Gasteiger partial charge in [0.25, 0.3) is 0 Å². The van der Waals surface area contributed by atoms with Crippen LogP contribution in [0.2, 0.25) is 0 Å². The second-order valence-corrected chi connectivity index (χ2v) is 7.57. The summed E-state index contributed by atoms with van der Waals surface area (Å²) < 4.78 is 5.53. The smallest absolute Gasteiger partial charge is 0.117 e. The molecule has 2 atom stereocenters. The van der Waals surface area contributed by atoms with Crippen LogP contribution >= 0.6 is 0 Å². The molecule has 2 aliphatic rings. The van der Waals surface area contributed by atoms with Gasteiger partial charge in [-0.2, -0.15) is 0 Å². The third-order valence-corrected chi connectivity index (χ3v) is 5.05. The summed E-state index contributed by atoms with van der Waals surface area (Å²) in [5.74, 6) is 1.72. The molecule has 0 aliphatic heterocycles. The lowest BCUT2D eigenvalue weighted by Gasteiger charge is -2.41. The molecular formula is C17H28N2O. The van der Waals surface area contributed by atoms with Crippen LogP contribution in [0.1, 0.15) is 51.7 Å². The largest absolute Gasteiger partial charge is 0.468 e. The van der Waals surface area contributed by atoms with Gasteiger partial charge in [0.2, 0.25) is 0 Å². The Balaban J connectivity index is 1.63. The summed E-state index contributed by atoms with van der Waals surface area (Å²) in [6.07, 6.45) is 8.16. The topological polar surface area (TPSA) is 42.4 Å². The third-order valence-electron chi connectivity index (χ3n) is 5.05. The van der Waals surface area contributed by atoms with Crippen molar-refractivity contribution in [1.29, 1.82) is 0 Å². The maximum absolute atomic E-state index is 6.39. The third kappa shape index (κ3) is 3.44. The first-order valence-electron chi connectivity index (χ1n) is 8.05. The monoisotopic (exact) mass is 276 g/mol. The van der Waals surface area contributed by atoms with E-state index >= 15 is 0 Å². The molecule has 112 valence electrons. The first-order chi connectivity index (χ1) is 9.53. The molecule has 0 bridgehead atoms. The molecule has 3 nitrogen and oxygen atoms in total. The van der Waals surface area contributed by atoms with E-state index in [9.17, 15) is 0 Å². The molecule has 1 aromatic heterocycles. The highest BCUT2D eigenvalue weighted by Gasteiger charge is 2.37. The number of nitrogens with zero attached hydrogens (tertiary/aromatic N) is 1. The maximum Gasteiger partial charge on any atom is 0.117 e. The van der Waals surface area contributed by atoms with E-state index in [0.29, 0.717) is 17.4 Å². The maximum atomic E-state index is 6.39. The predicted molar refractivity (Wildman–Crippen MR) is 81.2 cm³/mol. The van der Waals surface area contributed by atoms with Crippen LogP contribution in [0.4, 0.5) is 0 Å². The Labute approximate surface area is 122 Å². The summed E-state index contributed by atoms with van der Waals surface area (Å²) in [4.78, 5) is 2.60. The van der Waals surface area contributed by atoms with Crippen LogP contribution in [0.15, 0.2) is 22.8 Å². The Morgan fingerprint density at radius 2 is 2.15 bits per heavy atom. The van der Waals surface area contributed by atoms with Crippen molar-refractivity contribution in [2.45, 2.75) is 64.6 Å². The zero-order valence-corrected chi connectivity index (χ0v) is 12.8. The Morgan fingerprint density at radius 3 is 2.80 bits per heavy atom. The van der Waals surface area contributed by atoms with E-state index in [1.165, 1.54) is 32.1 Å². The minimum Gasteiger partial charge on any atom is -0.468 e. The summed E-state index contributed by atoms with van der Waals surface area (Å²) in [7, 11) is 0. The predicted octanol–water partition coefficient (Wildman–Crippen LogP) is 3.40. The molecule has 0 amide bonds. The van der Waals surface area contributed by atoms with Crippen molar-refractivity contribution in [3.63, 3.8) is 0 Å². The van der Waals surface area contributed by atoms with E-state index < -0.39 is 0 Å². The van der Waals surface area contributed by atoms with Crippen molar-refractivity contribution in [2.75, 3.05) is 6.54 Å². The van der Waals surface area contributed by atoms with Gasteiger partial charge in [0, 0.05) is 18.6 Å². The first-order valence-corrected chi connectivity index (χ1v) is 8.05. The lowest BCUT2D eigenvalue weighted by atomic mass is 9.70. The molecular weight excluding hydrogens is 248 g/mol. The summed E-state index contributed by atoms with van der Waals surface area (Å²) in [5, 5.41) is 0. The molecule has 2 fully saturated rings. The second-order valence-electron chi connectivity index (χ2n) is 7.57. The number of hydrogen-bond donors (Lipinski definition) is 1. The van der Waals surface area contributed by atoms with E-state index in [4.69, 9.17) is 10.2 Å². The second kappa shape index (κ2) is 5.53. The Bertz CT molecular complexity index is 422. The van der Waals surface area contributed by atoms with Crippen molar-refractivity contribution in [2.24, 2.45) is 17.1 Å². The Morgan fingerprint density at radius 1 is 1.35 bits per heavy atom. The van der Waals surface area contributed by atoms with Crippen LogP contribution in [0.5, 0.6) is 0 Å². The van der Waals surface area contributed by atoms with E-state index in [0.717, 1.165) is 24.9 Å². The molecule has 0 saturated heterocycles. The fourth-order valence-electron chi connectivity index (χ4n) is 3.64. The summed E-state index contributed by atoms with van der Waals surface area (Å²) in [6.45, 7) is 6.86. The van der Waals surface area contributed by atoms with Gasteiger partial charge >= 0.3 is 0 Å². The quantitative estimate of drug-likeness (QED) is 0.896. The number of nitrogens with two attached hydrogens (primary N) is 1. The fraction of sp³-hybridized carbons (Fsp3) is 0.765. The van der Waals surface area contributed by atoms with Crippen molar-refractivity contribution in [3.8, 4) is 0 Å². The Hall–Kier alpha value is -0.800. The summed E-state index contributed by atoms with van der Waals surface area (Å²) in [6, 6.07) is 5.20. The number of rotatable bonds is 5. The number of furan rings is 1. The van der Waals surface area contributed by atoms with E-state index in [1.807, 2.05) is 6.07 Å². The molecule has 0 aromatic carbocycles. The standard InChI is InChI=1S/C17H28N2O/c1-17(2)8-7-16(18)13(10-17)11-19(14-5-6-14)12-15-4-3-9-20-15/h3-4,9,13-14,16H,5-8,10-12,18H2,1-2H3. The van der Waals surface area contributed by atoms with Gasteiger partial charge in [-0.05, 0) is 55.6 Å². The van der Waals surface area contributed by atoms with Gasteiger partial charge in [0.05, 0.1) is 12.8 Å². The van der Waals surface area contributed by atoms with Crippen LogP contribution in [0, 0.1) is 11.3 Å². The van der Waals surface area contributed by atoms with Crippen LogP contribution in [0.25, 0.3) is 0 Å². The molecule has 0 radical (unpaired) electrons. The lowest BCUT2D eigenvalue weighted by molar-refractivity contribution is 0.104. The highest BCUT2D eigenvalue weighted by molar-refractivity contribution is 5.00. The van der Waals surface area contributed by atoms with Crippen molar-refractivity contribution >= 4 is 0 Å². The Kier molecular flexibility index (Phi) is 3.91. The van der Waals surface area contributed by atoms with Gasteiger partial charge in [-0.1, -0.05) is 13.8 Å². The average molecular weight is 276 g/mol. The molecule has 2 aliphatic carbocycles. The molecule has 0 spiro atoms. The fourth-order valence-corrected chi connectivity index (χ4v) is 3.64. The SMILES string of the molecule is CC1(C)CCC(N)C(CN(Cc2ccco2)C2CC2)C1. The molecule has 1 heterocycles. The highest BCUT2D eigenvalue weighted by Crippen LogP contribution is 2.39. The zero-order chi connectivity index (χ0) is 14.2. The van der Waals surface area contributed by atoms with Crippen molar-refractivity contribution in [1.82, 2.24) is 4.90 Å². The van der Waals surface area contributed by atoms with Gasteiger partial charge in [-0.15, -0.1) is 0 Å². The van der Waals surface area contributed by atoms with E-state index in [1.54, 1.807) is 6.26 Å². The van der Waals surface area contributed by atoms with Gasteiger partial charge in [-0.25, -0.2) is 0 Å². The minimum atomic E-state index is 0.376. The molecule has 1 aromatic rings. The van der Waals surface area contributed by atoms with Crippen LogP contribution in [-0.4, -0.2) is 23.5 Å². The highest BCUT2D eigenvalue weighted by atomic mass is 16.3. The lowest BCUT2D eigenvalue weighted by Crippen LogP contribution is -2.45. The van der Waals surface area contributed by atoms with Crippen LogP contribution in [-0.2, 0) is 6.54 Å². The van der Waals surface area contributed by atoms with E-state index in [2.05, 4.69) is 24.8 Å². The minimum absolute atomic E-state index is 0.376. The molecule has 20 heavy (non-hydrogen) atoms. The average Bonchev–Trinajstić information content (AvgIpc) is 3.12. The normalized spacial score (nSPS) is 29.8. The molecule has 2 N–H and O–H groups in total. The van der Waals surface area contributed by atoms with Gasteiger partial charge in [0.15, 0.2) is 0 Å². The molecule has 2 unspecified atom stereocenters. The van der Waals surface area contributed by atoms with Crippen molar-refractivity contribution in [3.05, 3.63) is 24.2 Å². The van der Waals surface area contributed by atoms with E-state index in [-0.39, 0.29) is 0 Å². The molecule has 2 saturated carbocycles. The van der Waals surface area contributed by atoms with Crippen LogP contribution in [0.3, 0.4) is 0 Å². The number of hydrogen-bond acceptors (Lipinski definition) is 3.